The van der Waals surface area contributed by atoms with Gasteiger partial charge in [0.1, 0.15) is 5.82 Å². The van der Waals surface area contributed by atoms with Crippen LogP contribution < -0.4 is 5.73 Å². The molecule has 0 bridgehead atoms. The van der Waals surface area contributed by atoms with Crippen LogP contribution in [-0.2, 0) is 29.4 Å². The number of anilines is 1. The van der Waals surface area contributed by atoms with E-state index in [0.29, 0.717) is 11.4 Å². The van der Waals surface area contributed by atoms with Crippen LogP contribution in [0.3, 0.4) is 0 Å². The van der Waals surface area contributed by atoms with Gasteiger partial charge in [0.15, 0.2) is 0 Å². The molecule has 104 valence electrons. The number of nitrogen functional groups attached to an aromatic ring is 1. The molecule has 2 aromatic rings. The number of hydrogen-bond donors (Lipinski definition) is 1. The van der Waals surface area contributed by atoms with Crippen molar-refractivity contribution in [3.05, 3.63) is 58.9 Å². The highest BCUT2D eigenvalue weighted by atomic mass is 32.2. The summed E-state index contributed by atoms with van der Waals surface area (Å²) in [5, 5.41) is 0. The van der Waals surface area contributed by atoms with Gasteiger partial charge in [-0.2, -0.15) is 0 Å². The quantitative estimate of drug-likeness (QED) is 0.882. The van der Waals surface area contributed by atoms with E-state index in [1.54, 1.807) is 6.07 Å². The molecule has 0 amide bonds. The molecule has 0 aromatic heterocycles. The first kappa shape index (κ1) is 13.3. The minimum absolute atomic E-state index is 0.222. The van der Waals surface area contributed by atoms with Gasteiger partial charge in [0.25, 0.3) is 0 Å². The van der Waals surface area contributed by atoms with E-state index in [1.807, 2.05) is 6.07 Å². The van der Waals surface area contributed by atoms with Crippen molar-refractivity contribution in [3.8, 4) is 0 Å². The predicted molar refractivity (Wildman–Crippen MR) is 79.4 cm³/mol. The van der Waals surface area contributed by atoms with Gasteiger partial charge in [-0.1, -0.05) is 18.2 Å². The van der Waals surface area contributed by atoms with Gasteiger partial charge < -0.3 is 5.73 Å². The fourth-order valence-corrected chi connectivity index (χ4v) is 3.78. The maximum atomic E-state index is 13.8. The first-order valence-corrected chi connectivity index (χ1v) is 7.99. The third kappa shape index (κ3) is 2.61. The zero-order valence-electron chi connectivity index (χ0n) is 11.1. The van der Waals surface area contributed by atoms with Crippen LogP contribution in [-0.4, -0.2) is 4.21 Å². The van der Waals surface area contributed by atoms with Gasteiger partial charge in [-0.25, -0.2) is 4.39 Å². The van der Waals surface area contributed by atoms with Gasteiger partial charge in [0.2, 0.25) is 0 Å². The zero-order chi connectivity index (χ0) is 14.1. The lowest BCUT2D eigenvalue weighted by atomic mass is 10.1. The van der Waals surface area contributed by atoms with Crippen LogP contribution in [0.25, 0.3) is 0 Å². The van der Waals surface area contributed by atoms with Crippen LogP contribution in [0.1, 0.15) is 23.1 Å². The highest BCUT2D eigenvalue weighted by Crippen LogP contribution is 2.24. The van der Waals surface area contributed by atoms with Crippen LogP contribution >= 0.6 is 0 Å². The van der Waals surface area contributed by atoms with Crippen molar-refractivity contribution >= 4 is 16.5 Å². The van der Waals surface area contributed by atoms with Crippen LogP contribution in [0.15, 0.2) is 41.3 Å². The molecule has 2 nitrogen and oxygen atoms in total. The molecule has 4 heteroatoms. The normalized spacial score (nSPS) is 15.1. The SMILES string of the molecule is Nc1ccc(S(=O)Cc2ccc3c(c2)CCC3)c(F)c1. The monoisotopic (exact) mass is 289 g/mol. The van der Waals surface area contributed by atoms with Crippen LogP contribution in [0.5, 0.6) is 0 Å². The molecule has 1 aliphatic carbocycles. The maximum Gasteiger partial charge on any atom is 0.141 e. The second-order valence-corrected chi connectivity index (χ2v) is 6.56. The van der Waals surface area contributed by atoms with Crippen LogP contribution in [0.4, 0.5) is 10.1 Å². The Kier molecular flexibility index (Phi) is 3.57. The Bertz CT molecular complexity index is 684. The molecule has 2 aromatic carbocycles. The van der Waals surface area contributed by atoms with E-state index >= 15 is 0 Å². The Morgan fingerprint density at radius 3 is 2.70 bits per heavy atom. The van der Waals surface area contributed by atoms with Gasteiger partial charge in [-0.05, 0) is 54.2 Å². The Labute approximate surface area is 120 Å². The van der Waals surface area contributed by atoms with Crippen molar-refractivity contribution in [1.82, 2.24) is 0 Å². The number of benzene rings is 2. The smallest absolute Gasteiger partial charge is 0.141 e. The van der Waals surface area contributed by atoms with E-state index < -0.39 is 16.6 Å². The Balaban J connectivity index is 1.82. The summed E-state index contributed by atoms with van der Waals surface area (Å²) in [4.78, 5) is 0.222. The van der Waals surface area contributed by atoms with Crippen molar-refractivity contribution in [2.45, 2.75) is 29.9 Å². The fraction of sp³-hybridized carbons (Fsp3) is 0.250. The Hall–Kier alpha value is -1.68. The maximum absolute atomic E-state index is 13.8. The molecule has 20 heavy (non-hydrogen) atoms. The molecule has 3 rings (SSSR count). The molecule has 0 aliphatic heterocycles. The second kappa shape index (κ2) is 5.37. The molecule has 0 heterocycles. The standard InChI is InChI=1S/C16H16FNOS/c17-15-9-14(18)6-7-16(15)20(19)10-11-4-5-12-2-1-3-13(12)8-11/h4-9H,1-3,10,18H2. The van der Waals surface area contributed by atoms with Crippen molar-refractivity contribution in [3.63, 3.8) is 0 Å². The summed E-state index contributed by atoms with van der Waals surface area (Å²) in [5.41, 5.74) is 9.58. The Morgan fingerprint density at radius 2 is 1.90 bits per heavy atom. The molecule has 1 unspecified atom stereocenters. The summed E-state index contributed by atoms with van der Waals surface area (Å²) < 4.78 is 26.0. The van der Waals surface area contributed by atoms with Crippen molar-refractivity contribution < 1.29 is 8.60 Å². The summed E-state index contributed by atoms with van der Waals surface area (Å²) >= 11 is 0. The fourth-order valence-electron chi connectivity index (χ4n) is 2.65. The summed E-state index contributed by atoms with van der Waals surface area (Å²) in [6.07, 6.45) is 3.41. The van der Waals surface area contributed by atoms with Crippen LogP contribution in [0.2, 0.25) is 0 Å². The zero-order valence-corrected chi connectivity index (χ0v) is 11.9. The minimum atomic E-state index is -1.38. The number of halogens is 1. The van der Waals surface area contributed by atoms with E-state index in [4.69, 9.17) is 5.73 Å². The van der Waals surface area contributed by atoms with Crippen molar-refractivity contribution in [2.75, 3.05) is 5.73 Å². The first-order valence-electron chi connectivity index (χ1n) is 6.67. The summed E-state index contributed by atoms with van der Waals surface area (Å²) in [7, 11) is -1.38. The number of nitrogens with two attached hydrogens (primary N) is 1. The molecule has 0 fully saturated rings. The number of hydrogen-bond acceptors (Lipinski definition) is 2. The van der Waals surface area contributed by atoms with Crippen molar-refractivity contribution in [2.24, 2.45) is 0 Å². The molecular formula is C16H16FNOS. The third-order valence-electron chi connectivity index (χ3n) is 3.66. The topological polar surface area (TPSA) is 43.1 Å². The molecule has 1 aliphatic rings. The molecule has 2 N–H and O–H groups in total. The average Bonchev–Trinajstić information content (AvgIpc) is 2.85. The lowest BCUT2D eigenvalue weighted by Gasteiger charge is -2.07. The lowest BCUT2D eigenvalue weighted by Crippen LogP contribution is -2.01. The molecule has 0 spiro atoms. The van der Waals surface area contributed by atoms with E-state index in [-0.39, 0.29) is 4.90 Å². The highest BCUT2D eigenvalue weighted by molar-refractivity contribution is 7.84. The average molecular weight is 289 g/mol. The van der Waals surface area contributed by atoms with Gasteiger partial charge in [0, 0.05) is 5.69 Å². The summed E-state index contributed by atoms with van der Waals surface area (Å²) in [6, 6.07) is 10.5. The first-order chi connectivity index (χ1) is 9.63. The molecule has 0 radical (unpaired) electrons. The van der Waals surface area contributed by atoms with E-state index in [0.717, 1.165) is 18.4 Å². The molecule has 0 saturated heterocycles. The number of rotatable bonds is 3. The van der Waals surface area contributed by atoms with Crippen LogP contribution in [0, 0.1) is 5.82 Å². The van der Waals surface area contributed by atoms with E-state index in [9.17, 15) is 8.60 Å². The number of aryl methyl sites for hydroxylation is 2. The van der Waals surface area contributed by atoms with Crippen molar-refractivity contribution in [1.29, 1.82) is 0 Å². The minimum Gasteiger partial charge on any atom is -0.399 e. The highest BCUT2D eigenvalue weighted by Gasteiger charge is 2.14. The Morgan fingerprint density at radius 1 is 1.10 bits per heavy atom. The van der Waals surface area contributed by atoms with Gasteiger partial charge >= 0.3 is 0 Å². The third-order valence-corrected chi connectivity index (χ3v) is 5.08. The summed E-state index contributed by atoms with van der Waals surface area (Å²) in [5.74, 6) is -0.154. The van der Waals surface area contributed by atoms with Gasteiger partial charge in [-0.3, -0.25) is 4.21 Å². The molecule has 1 atom stereocenters. The lowest BCUT2D eigenvalue weighted by molar-refractivity contribution is 0.596. The second-order valence-electron chi connectivity index (χ2n) is 5.14. The molecular weight excluding hydrogens is 273 g/mol. The number of fused-ring (bicyclic) bond motifs is 1. The van der Waals surface area contributed by atoms with E-state index in [2.05, 4.69) is 12.1 Å². The van der Waals surface area contributed by atoms with Gasteiger partial charge in [-0.15, -0.1) is 0 Å². The predicted octanol–water partition coefficient (Wildman–Crippen LogP) is 3.20. The molecule has 0 saturated carbocycles. The van der Waals surface area contributed by atoms with E-state index in [1.165, 1.54) is 29.7 Å². The summed E-state index contributed by atoms with van der Waals surface area (Å²) in [6.45, 7) is 0. The van der Waals surface area contributed by atoms with Gasteiger partial charge in [0.05, 0.1) is 21.4 Å². The largest absolute Gasteiger partial charge is 0.399 e.